The van der Waals surface area contributed by atoms with E-state index < -0.39 is 35.4 Å². The number of aromatic nitrogens is 1. The molecule has 0 fully saturated rings. The number of benzene rings is 1. The first-order chi connectivity index (χ1) is 9.73. The normalized spacial score (nSPS) is 12.2. The van der Waals surface area contributed by atoms with Crippen LogP contribution in [0.25, 0.3) is 10.9 Å². The maximum absolute atomic E-state index is 12.2. The van der Waals surface area contributed by atoms with Gasteiger partial charge in [0.2, 0.25) is 9.05 Å². The van der Waals surface area contributed by atoms with Crippen molar-refractivity contribution in [2.45, 2.75) is 5.03 Å². The number of para-hydroxylation sites is 1. The fraction of sp³-hybridized carbons (Fsp3) is 0.167. The number of hydrogen-bond donors (Lipinski definition) is 0. The van der Waals surface area contributed by atoms with Gasteiger partial charge in [0.25, 0.3) is 0 Å². The third kappa shape index (κ3) is 3.69. The third-order valence-electron chi connectivity index (χ3n) is 2.70. The van der Waals surface area contributed by atoms with Crippen LogP contribution < -0.4 is 0 Å². The van der Waals surface area contributed by atoms with E-state index in [4.69, 9.17) is 15.9 Å². The van der Waals surface area contributed by atoms with E-state index >= 15 is 0 Å². The minimum Gasteiger partial charge on any atom is -0.235 e. The fourth-order valence-electron chi connectivity index (χ4n) is 1.72. The molecule has 6 nitrogen and oxygen atoms in total. The number of nitrogens with zero attached hydrogens (tertiary/aromatic N) is 2. The van der Waals surface area contributed by atoms with Gasteiger partial charge in [-0.05, 0) is 12.1 Å². The van der Waals surface area contributed by atoms with Gasteiger partial charge >= 0.3 is 0 Å². The Balaban J connectivity index is 2.57. The highest BCUT2D eigenvalue weighted by molar-refractivity contribution is 8.14. The predicted octanol–water partition coefficient (Wildman–Crippen LogP) is 1.45. The number of sulfone groups is 1. The number of fused-ring (bicyclic) bond motifs is 1. The Bertz CT molecular complexity index is 947. The highest BCUT2D eigenvalue weighted by atomic mass is 35.7. The summed E-state index contributed by atoms with van der Waals surface area (Å²) in [7, 11) is -2.95. The lowest BCUT2D eigenvalue weighted by molar-refractivity contribution is 0.590. The average molecular weight is 345 g/mol. The molecule has 0 saturated carbocycles. The Labute approximate surface area is 126 Å². The summed E-state index contributed by atoms with van der Waals surface area (Å²) in [5.41, 5.74) is 0.282. The molecule has 1 aromatic heterocycles. The fourth-order valence-corrected chi connectivity index (χ4v) is 4.83. The predicted molar refractivity (Wildman–Crippen MR) is 78.2 cm³/mol. The topological polar surface area (TPSA) is 105 Å². The van der Waals surface area contributed by atoms with Gasteiger partial charge in [0, 0.05) is 16.1 Å². The molecule has 0 unspecified atom stereocenters. The van der Waals surface area contributed by atoms with Crippen molar-refractivity contribution in [1.82, 2.24) is 4.98 Å². The second-order valence-electron chi connectivity index (χ2n) is 4.21. The molecule has 9 heteroatoms. The van der Waals surface area contributed by atoms with Crippen LogP contribution in [0.2, 0.25) is 0 Å². The van der Waals surface area contributed by atoms with Crippen LogP contribution in [0.4, 0.5) is 0 Å². The van der Waals surface area contributed by atoms with Crippen molar-refractivity contribution in [3.05, 3.63) is 35.9 Å². The Morgan fingerprint density at radius 3 is 2.43 bits per heavy atom. The summed E-state index contributed by atoms with van der Waals surface area (Å²) in [4.78, 5) is 3.97. The second-order valence-corrected chi connectivity index (χ2v) is 9.13. The van der Waals surface area contributed by atoms with Gasteiger partial charge in [-0.2, -0.15) is 5.26 Å². The molecule has 0 N–H and O–H groups in total. The molecular weight excluding hydrogens is 336 g/mol. The largest absolute Gasteiger partial charge is 0.235 e. The maximum atomic E-state index is 12.2. The number of hydrogen-bond acceptors (Lipinski definition) is 6. The zero-order valence-corrected chi connectivity index (χ0v) is 12.9. The lowest BCUT2D eigenvalue weighted by atomic mass is 10.2. The van der Waals surface area contributed by atoms with Crippen molar-refractivity contribution in [3.63, 3.8) is 0 Å². The Kier molecular flexibility index (Phi) is 4.18. The minimum atomic E-state index is -4.02. The molecule has 0 spiro atoms. The standard InChI is InChI=1S/C12H9ClN2O4S2/c13-21(18,19)6-5-20(16,17)12-10(8-14)7-9-3-1-2-4-11(9)15-12/h1-4,7H,5-6H2. The van der Waals surface area contributed by atoms with Crippen molar-refractivity contribution >= 4 is 40.5 Å². The van der Waals surface area contributed by atoms with Gasteiger partial charge in [0.05, 0.1) is 22.6 Å². The molecule has 0 aliphatic rings. The van der Waals surface area contributed by atoms with E-state index in [1.807, 2.05) is 0 Å². The van der Waals surface area contributed by atoms with Gasteiger partial charge in [-0.3, -0.25) is 0 Å². The van der Waals surface area contributed by atoms with E-state index in [2.05, 4.69) is 4.98 Å². The van der Waals surface area contributed by atoms with Crippen LogP contribution in [-0.2, 0) is 18.9 Å². The highest BCUT2D eigenvalue weighted by Gasteiger charge is 2.24. The van der Waals surface area contributed by atoms with Gasteiger partial charge < -0.3 is 0 Å². The molecule has 0 saturated heterocycles. The first kappa shape index (κ1) is 15.7. The van der Waals surface area contributed by atoms with Gasteiger partial charge in [-0.1, -0.05) is 18.2 Å². The summed E-state index contributed by atoms with van der Waals surface area (Å²) in [5, 5.41) is 9.27. The second kappa shape index (κ2) is 5.60. The van der Waals surface area contributed by atoms with Gasteiger partial charge in [0.15, 0.2) is 14.9 Å². The van der Waals surface area contributed by atoms with E-state index in [-0.39, 0.29) is 5.56 Å². The molecule has 0 radical (unpaired) electrons. The minimum absolute atomic E-state index is 0.124. The molecule has 21 heavy (non-hydrogen) atoms. The quantitative estimate of drug-likeness (QED) is 0.777. The molecular formula is C12H9ClN2O4S2. The Morgan fingerprint density at radius 1 is 1.14 bits per heavy atom. The van der Waals surface area contributed by atoms with Crippen molar-refractivity contribution in [2.24, 2.45) is 0 Å². The van der Waals surface area contributed by atoms with Crippen LogP contribution in [0.5, 0.6) is 0 Å². The Hall–Kier alpha value is -1.69. The van der Waals surface area contributed by atoms with Crippen LogP contribution in [-0.4, -0.2) is 33.3 Å². The zero-order chi connectivity index (χ0) is 15.7. The van der Waals surface area contributed by atoms with Crippen LogP contribution in [0.1, 0.15) is 5.56 Å². The number of halogens is 1. The van der Waals surface area contributed by atoms with Crippen molar-refractivity contribution in [1.29, 1.82) is 5.26 Å². The average Bonchev–Trinajstić information content (AvgIpc) is 2.43. The molecule has 0 bridgehead atoms. The Morgan fingerprint density at radius 2 is 1.81 bits per heavy atom. The first-order valence-corrected chi connectivity index (χ1v) is 9.81. The van der Waals surface area contributed by atoms with E-state index in [1.54, 1.807) is 30.3 Å². The monoisotopic (exact) mass is 344 g/mol. The number of nitriles is 1. The SMILES string of the molecule is N#Cc1cc2ccccc2nc1S(=O)(=O)CCS(=O)(=O)Cl. The summed E-state index contributed by atoms with van der Waals surface area (Å²) in [6.45, 7) is 0. The lowest BCUT2D eigenvalue weighted by Gasteiger charge is -2.06. The summed E-state index contributed by atoms with van der Waals surface area (Å²) in [6, 6.07) is 9.89. The third-order valence-corrected chi connectivity index (χ3v) is 5.75. The smallest absolute Gasteiger partial charge is 0.233 e. The van der Waals surface area contributed by atoms with Crippen molar-refractivity contribution < 1.29 is 16.8 Å². The van der Waals surface area contributed by atoms with Gasteiger partial charge in [-0.25, -0.2) is 21.8 Å². The van der Waals surface area contributed by atoms with E-state index in [9.17, 15) is 16.8 Å². The molecule has 2 rings (SSSR count). The zero-order valence-electron chi connectivity index (χ0n) is 10.5. The van der Waals surface area contributed by atoms with Crippen LogP contribution in [0.15, 0.2) is 35.4 Å². The van der Waals surface area contributed by atoms with Gasteiger partial charge in [-0.15, -0.1) is 0 Å². The summed E-state index contributed by atoms with van der Waals surface area (Å²) in [5.74, 6) is -1.46. The summed E-state index contributed by atoms with van der Waals surface area (Å²) >= 11 is 0. The molecule has 0 amide bonds. The molecule has 1 aromatic carbocycles. The van der Waals surface area contributed by atoms with E-state index in [0.29, 0.717) is 10.9 Å². The van der Waals surface area contributed by atoms with Crippen LogP contribution in [0.3, 0.4) is 0 Å². The first-order valence-electron chi connectivity index (χ1n) is 5.68. The number of rotatable bonds is 4. The van der Waals surface area contributed by atoms with Crippen molar-refractivity contribution in [2.75, 3.05) is 11.5 Å². The molecule has 2 aromatic rings. The number of pyridine rings is 1. The van der Waals surface area contributed by atoms with Crippen molar-refractivity contribution in [3.8, 4) is 6.07 Å². The lowest BCUT2D eigenvalue weighted by Crippen LogP contribution is -2.16. The molecule has 110 valence electrons. The maximum Gasteiger partial charge on any atom is 0.233 e. The molecule has 0 atom stereocenters. The van der Waals surface area contributed by atoms with E-state index in [1.165, 1.54) is 6.07 Å². The van der Waals surface area contributed by atoms with Crippen LogP contribution in [0, 0.1) is 11.3 Å². The molecule has 0 aliphatic carbocycles. The van der Waals surface area contributed by atoms with E-state index in [0.717, 1.165) is 0 Å². The van der Waals surface area contributed by atoms with Crippen LogP contribution >= 0.6 is 10.7 Å². The molecule has 0 aliphatic heterocycles. The summed E-state index contributed by atoms with van der Waals surface area (Å²) < 4.78 is 46.1. The molecule has 1 heterocycles. The highest BCUT2D eigenvalue weighted by Crippen LogP contribution is 2.21. The van der Waals surface area contributed by atoms with Gasteiger partial charge in [0.1, 0.15) is 6.07 Å². The summed E-state index contributed by atoms with van der Waals surface area (Å²) in [6.07, 6.45) is 0.